The minimum Gasteiger partial charge on any atom is -0.442 e. The molecule has 1 saturated heterocycles. The number of carbonyl (C=O) groups excluding carboxylic acids is 2. The van der Waals surface area contributed by atoms with Crippen LogP contribution in [0, 0.1) is 29.4 Å². The van der Waals surface area contributed by atoms with Gasteiger partial charge in [0.2, 0.25) is 5.91 Å². The second-order valence-electron chi connectivity index (χ2n) is 13.1. The number of ether oxygens (including phenoxy) is 1. The maximum atomic E-state index is 15.4. The summed E-state index contributed by atoms with van der Waals surface area (Å²) in [7, 11) is -2.66. The topological polar surface area (TPSA) is 67.9 Å². The lowest BCUT2D eigenvalue weighted by molar-refractivity contribution is -0.119. The molecule has 2 fully saturated rings. The summed E-state index contributed by atoms with van der Waals surface area (Å²) in [5.41, 5.74) is 0.727. The quantitative estimate of drug-likeness (QED) is 0.316. The van der Waals surface area contributed by atoms with Crippen LogP contribution in [0.2, 0.25) is 5.04 Å². The zero-order chi connectivity index (χ0) is 31.2. The van der Waals surface area contributed by atoms with Crippen LogP contribution >= 0.6 is 0 Å². The van der Waals surface area contributed by atoms with Gasteiger partial charge in [0.25, 0.3) is 8.32 Å². The maximum Gasteiger partial charge on any atom is 0.414 e. The van der Waals surface area contributed by atoms with Crippen molar-refractivity contribution in [3.05, 3.63) is 96.1 Å². The number of anilines is 1. The Balaban J connectivity index is 1.18. The summed E-state index contributed by atoms with van der Waals surface area (Å²) in [4.78, 5) is 24.8. The highest BCUT2D eigenvalue weighted by Gasteiger charge is 2.56. The van der Waals surface area contributed by atoms with Gasteiger partial charge in [0.05, 0.1) is 18.8 Å². The van der Waals surface area contributed by atoms with Crippen LogP contribution in [0.5, 0.6) is 0 Å². The second kappa shape index (κ2) is 11.6. The highest BCUT2D eigenvalue weighted by Crippen LogP contribution is 2.59. The number of hydrogen-bond acceptors (Lipinski definition) is 4. The molecular weight excluding hydrogens is 578 g/mol. The predicted octanol–water partition coefficient (Wildman–Crippen LogP) is 5.65. The number of nitrogens with zero attached hydrogens (tertiary/aromatic N) is 1. The molecule has 0 aromatic heterocycles. The Kier molecular flexibility index (Phi) is 7.96. The molecule has 1 N–H and O–H groups in total. The van der Waals surface area contributed by atoms with E-state index < -0.39 is 32.1 Å². The predicted molar refractivity (Wildman–Crippen MR) is 169 cm³/mol. The lowest BCUT2D eigenvalue weighted by Gasteiger charge is -2.43. The number of rotatable bonds is 9. The van der Waals surface area contributed by atoms with Crippen molar-refractivity contribution in [3.8, 4) is 0 Å². The van der Waals surface area contributed by atoms with E-state index in [4.69, 9.17) is 9.16 Å². The molecule has 3 aliphatic rings. The normalized spacial score (nSPS) is 22.8. The van der Waals surface area contributed by atoms with Gasteiger partial charge in [-0.3, -0.25) is 9.69 Å². The Labute approximate surface area is 258 Å². The molecule has 0 spiro atoms. The number of hydrogen-bond donors (Lipinski definition) is 1. The molecule has 2 aliphatic carbocycles. The molecule has 0 bridgehead atoms. The van der Waals surface area contributed by atoms with Crippen molar-refractivity contribution in [3.63, 3.8) is 0 Å². The Morgan fingerprint density at radius 1 is 1.02 bits per heavy atom. The standard InChI is InChI=1S/C35H38F2N2O4Si/c1-22(40)38-19-25-20-39(34(41)43-25)24-17-31(36)33(32(37)18-24)23-15-28-29(16-23)30(28)21-42-44(35(2,3)4,26-11-7-5-8-12-26)27-13-9-6-10-14-27/h5-15,17-18,25,28-30H,16,19-21H2,1-4H3,(H,38,40)/t25-,28+,29-,30-/m0/s1. The summed E-state index contributed by atoms with van der Waals surface area (Å²) in [6, 6.07) is 23.4. The average molecular weight is 617 g/mol. The van der Waals surface area contributed by atoms with Crippen molar-refractivity contribution < 1.29 is 27.5 Å². The molecule has 4 atom stereocenters. The first-order valence-corrected chi connectivity index (χ1v) is 17.1. The van der Waals surface area contributed by atoms with Gasteiger partial charge < -0.3 is 14.5 Å². The summed E-state index contributed by atoms with van der Waals surface area (Å²) in [5.74, 6) is -0.863. The number of cyclic esters (lactones) is 1. The molecule has 3 aromatic rings. The first-order valence-electron chi connectivity index (χ1n) is 15.2. The summed E-state index contributed by atoms with van der Waals surface area (Å²) in [6.07, 6.45) is 1.30. The number of fused-ring (bicyclic) bond motifs is 1. The second-order valence-corrected chi connectivity index (χ2v) is 17.4. The number of benzene rings is 3. The molecule has 44 heavy (non-hydrogen) atoms. The van der Waals surface area contributed by atoms with E-state index in [1.54, 1.807) is 0 Å². The van der Waals surface area contributed by atoms with Crippen LogP contribution in [0.25, 0.3) is 5.57 Å². The van der Waals surface area contributed by atoms with Crippen LogP contribution in [0.4, 0.5) is 19.3 Å². The lowest BCUT2D eigenvalue weighted by Crippen LogP contribution is -2.66. The minimum absolute atomic E-state index is 0.0324. The average Bonchev–Trinajstić information content (AvgIpc) is 3.26. The van der Waals surface area contributed by atoms with Gasteiger partial charge in [-0.1, -0.05) is 87.5 Å². The van der Waals surface area contributed by atoms with Crippen molar-refractivity contribution in [2.75, 3.05) is 24.6 Å². The van der Waals surface area contributed by atoms with Gasteiger partial charge in [-0.25, -0.2) is 13.6 Å². The number of nitrogens with one attached hydrogen (secondary N) is 1. The minimum atomic E-state index is -2.66. The van der Waals surface area contributed by atoms with E-state index in [0.717, 1.165) is 0 Å². The summed E-state index contributed by atoms with van der Waals surface area (Å²) >= 11 is 0. The van der Waals surface area contributed by atoms with E-state index in [9.17, 15) is 9.59 Å². The molecule has 2 amide bonds. The van der Waals surface area contributed by atoms with Crippen molar-refractivity contribution in [1.82, 2.24) is 5.32 Å². The molecule has 1 aliphatic heterocycles. The van der Waals surface area contributed by atoms with E-state index in [0.29, 0.717) is 24.5 Å². The molecule has 9 heteroatoms. The highest BCUT2D eigenvalue weighted by atomic mass is 28.4. The van der Waals surface area contributed by atoms with Crippen LogP contribution in [-0.2, 0) is 14.0 Å². The van der Waals surface area contributed by atoms with Crippen LogP contribution in [0.15, 0.2) is 78.9 Å². The van der Waals surface area contributed by atoms with Gasteiger partial charge >= 0.3 is 6.09 Å². The fourth-order valence-electron chi connectivity index (χ4n) is 7.09. The Morgan fingerprint density at radius 2 is 1.61 bits per heavy atom. The molecule has 0 radical (unpaired) electrons. The van der Waals surface area contributed by atoms with E-state index in [2.05, 4.69) is 74.6 Å². The fourth-order valence-corrected chi connectivity index (χ4v) is 11.7. The molecule has 1 heterocycles. The van der Waals surface area contributed by atoms with E-state index in [1.807, 2.05) is 18.2 Å². The van der Waals surface area contributed by atoms with E-state index in [-0.39, 0.29) is 47.1 Å². The third-order valence-corrected chi connectivity index (χ3v) is 14.3. The van der Waals surface area contributed by atoms with Gasteiger partial charge in [-0.2, -0.15) is 0 Å². The molecule has 0 unspecified atom stereocenters. The van der Waals surface area contributed by atoms with Gasteiger partial charge in [0.1, 0.15) is 17.7 Å². The van der Waals surface area contributed by atoms with E-state index >= 15 is 8.78 Å². The van der Waals surface area contributed by atoms with Crippen LogP contribution < -0.4 is 20.6 Å². The molecule has 3 aromatic carbocycles. The van der Waals surface area contributed by atoms with Gasteiger partial charge in [0, 0.05) is 19.1 Å². The summed E-state index contributed by atoms with van der Waals surface area (Å²) in [5, 5.41) is 4.93. The smallest absolute Gasteiger partial charge is 0.414 e. The highest BCUT2D eigenvalue weighted by molar-refractivity contribution is 6.99. The first-order chi connectivity index (χ1) is 21.0. The van der Waals surface area contributed by atoms with Crippen LogP contribution in [0.1, 0.15) is 39.7 Å². The van der Waals surface area contributed by atoms with Gasteiger partial charge in [-0.15, -0.1) is 0 Å². The van der Waals surface area contributed by atoms with Crippen molar-refractivity contribution in [2.24, 2.45) is 17.8 Å². The largest absolute Gasteiger partial charge is 0.442 e. The van der Waals surface area contributed by atoms with E-state index in [1.165, 1.54) is 34.3 Å². The molecular formula is C35H38F2N2O4Si. The third kappa shape index (κ3) is 5.47. The number of carbonyl (C=O) groups is 2. The van der Waals surface area contributed by atoms with Gasteiger partial charge in [-0.05, 0) is 57.3 Å². The summed E-state index contributed by atoms with van der Waals surface area (Å²) in [6.45, 7) is 8.95. The van der Waals surface area contributed by atoms with Gasteiger partial charge in [0.15, 0.2) is 0 Å². The fraction of sp³-hybridized carbons (Fsp3) is 0.371. The Hall–Kier alpha value is -3.82. The maximum absolute atomic E-state index is 15.4. The molecule has 1 saturated carbocycles. The van der Waals surface area contributed by atoms with Crippen LogP contribution in [0.3, 0.4) is 0 Å². The van der Waals surface area contributed by atoms with Crippen molar-refractivity contribution in [1.29, 1.82) is 0 Å². The number of allylic oxidation sites excluding steroid dienone is 2. The van der Waals surface area contributed by atoms with Crippen molar-refractivity contribution in [2.45, 2.75) is 45.3 Å². The first kappa shape index (κ1) is 30.2. The summed E-state index contributed by atoms with van der Waals surface area (Å²) < 4.78 is 43.2. The zero-order valence-electron chi connectivity index (χ0n) is 25.5. The number of halogens is 2. The monoisotopic (exact) mass is 616 g/mol. The third-order valence-electron chi connectivity index (χ3n) is 9.27. The Morgan fingerprint density at radius 3 is 2.11 bits per heavy atom. The number of amides is 2. The Bertz CT molecular complexity index is 1530. The molecule has 6 nitrogen and oxygen atoms in total. The molecule has 230 valence electrons. The lowest BCUT2D eigenvalue weighted by atomic mass is 9.99. The molecule has 6 rings (SSSR count). The van der Waals surface area contributed by atoms with Crippen molar-refractivity contribution >= 4 is 42.0 Å². The van der Waals surface area contributed by atoms with Crippen LogP contribution in [-0.4, -0.2) is 46.1 Å². The SMILES string of the molecule is CC(=O)NC[C@H]1CN(c2cc(F)c(C3=C[C@H]4[C@H](CO[Si](c5ccccc5)(c5ccccc5)C(C)(C)C)[C@H]4C3)c(F)c2)C(=O)O1. The zero-order valence-corrected chi connectivity index (χ0v) is 26.5.